The average Bonchev–Trinajstić information content (AvgIpc) is 2.05. The highest BCUT2D eigenvalue weighted by atomic mass is 15.2. The van der Waals surface area contributed by atoms with Crippen molar-refractivity contribution in [2.45, 2.75) is 32.1 Å². The predicted molar refractivity (Wildman–Crippen MR) is 42.2 cm³/mol. The van der Waals surface area contributed by atoms with Crippen LogP contribution in [0, 0.1) is 5.92 Å². The van der Waals surface area contributed by atoms with Gasteiger partial charge in [0.2, 0.25) is 0 Å². The summed E-state index contributed by atoms with van der Waals surface area (Å²) in [5, 5.41) is 8.06. The number of hydrogen-bond donors (Lipinski definition) is 0. The van der Waals surface area contributed by atoms with Gasteiger partial charge in [0, 0.05) is 12.8 Å². The second-order valence-corrected chi connectivity index (χ2v) is 3.07. The van der Waals surface area contributed by atoms with Gasteiger partial charge in [-0.15, -0.1) is 0 Å². The summed E-state index contributed by atoms with van der Waals surface area (Å²) in [4.78, 5) is 0. The lowest BCUT2D eigenvalue weighted by molar-refractivity contribution is 0.528. The summed E-state index contributed by atoms with van der Waals surface area (Å²) < 4.78 is 0. The Kier molecular flexibility index (Phi) is 1.53. The summed E-state index contributed by atoms with van der Waals surface area (Å²) in [6.07, 6.45) is 8.33. The Labute approximate surface area is 61.0 Å². The van der Waals surface area contributed by atoms with Crippen LogP contribution in [0.5, 0.6) is 0 Å². The summed E-state index contributed by atoms with van der Waals surface area (Å²) in [5.41, 5.74) is 1.36. The van der Waals surface area contributed by atoms with Gasteiger partial charge in [-0.2, -0.15) is 0 Å². The molecule has 1 aliphatic carbocycles. The van der Waals surface area contributed by atoms with Crippen molar-refractivity contribution in [2.75, 3.05) is 0 Å². The van der Waals surface area contributed by atoms with Gasteiger partial charge < -0.3 is 0 Å². The van der Waals surface area contributed by atoms with Gasteiger partial charge in [0.25, 0.3) is 5.71 Å². The fraction of sp³-hybridized carbons (Fsp3) is 0.750. The summed E-state index contributed by atoms with van der Waals surface area (Å²) in [5.74, 6) is 0.756. The first-order valence-corrected chi connectivity index (χ1v) is 4.05. The number of rotatable bonds is 0. The van der Waals surface area contributed by atoms with E-state index in [9.17, 15) is 0 Å². The van der Waals surface area contributed by atoms with E-state index < -0.39 is 0 Å². The van der Waals surface area contributed by atoms with Crippen molar-refractivity contribution >= 4 is 11.9 Å². The Morgan fingerprint density at radius 2 is 2.50 bits per heavy atom. The van der Waals surface area contributed by atoms with Crippen molar-refractivity contribution in [3.05, 3.63) is 0 Å². The van der Waals surface area contributed by atoms with Crippen LogP contribution < -0.4 is 5.10 Å². The Morgan fingerprint density at radius 1 is 1.50 bits per heavy atom. The molecule has 1 heterocycles. The molecule has 0 bridgehead atoms. The maximum absolute atomic E-state index is 4.14. The Bertz CT molecular complexity index is 182. The van der Waals surface area contributed by atoms with Crippen molar-refractivity contribution in [3.63, 3.8) is 0 Å². The molecule has 1 aliphatic heterocycles. The Balaban J connectivity index is 2.14. The molecule has 1 atom stereocenters. The highest BCUT2D eigenvalue weighted by Gasteiger charge is 2.30. The van der Waals surface area contributed by atoms with E-state index in [2.05, 4.69) is 10.2 Å². The largest absolute Gasteiger partial charge is 0.269 e. The summed E-state index contributed by atoms with van der Waals surface area (Å²) in [7, 11) is 0. The van der Waals surface area contributed by atoms with E-state index in [1.54, 1.807) is 0 Å². The van der Waals surface area contributed by atoms with Crippen molar-refractivity contribution in [1.29, 1.82) is 0 Å². The maximum Gasteiger partial charge on any atom is 0.269 e. The van der Waals surface area contributed by atoms with Crippen LogP contribution in [0.3, 0.4) is 0 Å². The molecule has 2 rings (SSSR count). The van der Waals surface area contributed by atoms with Gasteiger partial charge in [-0.25, -0.2) is 0 Å². The van der Waals surface area contributed by atoms with E-state index >= 15 is 0 Å². The maximum atomic E-state index is 4.14. The van der Waals surface area contributed by atoms with Crippen molar-refractivity contribution in [1.82, 2.24) is 5.10 Å². The zero-order valence-corrected chi connectivity index (χ0v) is 6.08. The quantitative estimate of drug-likeness (QED) is 0.480. The minimum absolute atomic E-state index is 0.756. The van der Waals surface area contributed by atoms with Crippen molar-refractivity contribution in [3.8, 4) is 0 Å². The minimum Gasteiger partial charge on any atom is -0.0520 e. The number of fused-ring (bicyclic) bond motifs is 1. The fourth-order valence-corrected chi connectivity index (χ4v) is 1.74. The zero-order valence-electron chi connectivity index (χ0n) is 6.08. The standard InChI is InChI=1S/C8H12N2/c1-2-4-8-7(3-1)5-6-9-10-8/h6-7H,1-5H2/q+1. The van der Waals surface area contributed by atoms with Gasteiger partial charge in [-0.1, -0.05) is 6.42 Å². The van der Waals surface area contributed by atoms with E-state index in [-0.39, 0.29) is 0 Å². The molecule has 10 heavy (non-hydrogen) atoms. The monoisotopic (exact) mass is 136 g/mol. The molecule has 53 valence electrons. The summed E-state index contributed by atoms with van der Waals surface area (Å²) >= 11 is 0. The lowest BCUT2D eigenvalue weighted by Gasteiger charge is -2.15. The molecule has 0 amide bonds. The molecule has 1 fully saturated rings. The highest BCUT2D eigenvalue weighted by molar-refractivity contribution is 5.89. The molecule has 0 aromatic rings. The van der Waals surface area contributed by atoms with E-state index in [1.807, 2.05) is 6.21 Å². The first-order chi connectivity index (χ1) is 4.97. The molecule has 2 nitrogen and oxygen atoms in total. The molecular formula is C8H12N2+. The van der Waals surface area contributed by atoms with Gasteiger partial charge in [0.15, 0.2) is 5.10 Å². The van der Waals surface area contributed by atoms with E-state index in [0.29, 0.717) is 0 Å². The molecule has 0 aromatic heterocycles. The van der Waals surface area contributed by atoms with Gasteiger partial charge in [-0.05, 0) is 12.8 Å². The molecule has 2 heteroatoms. The fourth-order valence-electron chi connectivity index (χ4n) is 1.74. The van der Waals surface area contributed by atoms with Crippen LogP contribution in [0.1, 0.15) is 32.1 Å². The molecule has 0 N–H and O–H groups in total. The third-order valence-electron chi connectivity index (χ3n) is 2.36. The first-order valence-electron chi connectivity index (χ1n) is 4.05. The molecule has 1 unspecified atom stereocenters. The average molecular weight is 136 g/mol. The molecular weight excluding hydrogens is 124 g/mol. The Morgan fingerprint density at radius 3 is 3.40 bits per heavy atom. The van der Waals surface area contributed by atoms with Crippen LogP contribution in [0.4, 0.5) is 0 Å². The lowest BCUT2D eigenvalue weighted by atomic mass is 9.85. The number of hydrogen-bond acceptors (Lipinski definition) is 2. The van der Waals surface area contributed by atoms with Crippen LogP contribution in [0.25, 0.3) is 0 Å². The van der Waals surface area contributed by atoms with E-state index in [1.165, 1.54) is 31.4 Å². The lowest BCUT2D eigenvalue weighted by Crippen LogP contribution is -2.25. The molecule has 0 aromatic carbocycles. The first kappa shape index (κ1) is 6.08. The van der Waals surface area contributed by atoms with Crippen LogP contribution in [0.15, 0.2) is 5.10 Å². The Hall–Kier alpha value is -0.660. The SMILES string of the molecule is C1=N[N+]=C2CCCCC2C1. The van der Waals surface area contributed by atoms with Crippen LogP contribution in [-0.2, 0) is 0 Å². The molecule has 2 aliphatic rings. The van der Waals surface area contributed by atoms with Crippen LogP contribution >= 0.6 is 0 Å². The molecule has 1 saturated carbocycles. The summed E-state index contributed by atoms with van der Waals surface area (Å²) in [6, 6.07) is 0. The van der Waals surface area contributed by atoms with Crippen molar-refractivity contribution < 1.29 is 0 Å². The predicted octanol–water partition coefficient (Wildman–Crippen LogP) is 1.34. The van der Waals surface area contributed by atoms with Gasteiger partial charge in [-0.3, -0.25) is 0 Å². The second kappa shape index (κ2) is 2.52. The normalized spacial score (nSPS) is 31.2. The van der Waals surface area contributed by atoms with Gasteiger partial charge in [0.1, 0.15) is 0 Å². The van der Waals surface area contributed by atoms with Crippen LogP contribution in [-0.4, -0.2) is 11.9 Å². The van der Waals surface area contributed by atoms with Crippen molar-refractivity contribution in [2.24, 2.45) is 11.0 Å². The van der Waals surface area contributed by atoms with Crippen LogP contribution in [0.2, 0.25) is 0 Å². The molecule has 1 radical (unpaired) electrons. The summed E-state index contributed by atoms with van der Waals surface area (Å²) in [6.45, 7) is 0. The van der Waals surface area contributed by atoms with E-state index in [4.69, 9.17) is 0 Å². The topological polar surface area (TPSA) is 26.5 Å². The van der Waals surface area contributed by atoms with Gasteiger partial charge in [0.05, 0.1) is 17.2 Å². The van der Waals surface area contributed by atoms with Gasteiger partial charge >= 0.3 is 0 Å². The highest BCUT2D eigenvalue weighted by Crippen LogP contribution is 2.23. The molecule has 0 saturated heterocycles. The van der Waals surface area contributed by atoms with E-state index in [0.717, 1.165) is 12.3 Å². The third-order valence-corrected chi connectivity index (χ3v) is 2.36. The minimum atomic E-state index is 0.756. The molecule has 0 spiro atoms. The smallest absolute Gasteiger partial charge is 0.0520 e. The number of nitrogens with zero attached hydrogens (tertiary/aromatic N) is 2. The third kappa shape index (κ3) is 0.981. The second-order valence-electron chi connectivity index (χ2n) is 3.07. The zero-order chi connectivity index (χ0) is 6.81.